The lowest BCUT2D eigenvalue weighted by Gasteiger charge is -2.08. The molecule has 2 rings (SSSR count). The van der Waals surface area contributed by atoms with E-state index in [1.807, 2.05) is 31.0 Å². The van der Waals surface area contributed by atoms with Crippen LogP contribution in [0.25, 0.3) is 0 Å². The van der Waals surface area contributed by atoms with Crippen LogP contribution in [0, 0.1) is 6.92 Å². The molecule has 0 bridgehead atoms. The van der Waals surface area contributed by atoms with E-state index < -0.39 is 0 Å². The highest BCUT2D eigenvalue weighted by Gasteiger charge is 2.05. The van der Waals surface area contributed by atoms with Gasteiger partial charge in [0.2, 0.25) is 5.95 Å². The third kappa shape index (κ3) is 3.12. The first-order valence-electron chi connectivity index (χ1n) is 6.44. The highest BCUT2D eigenvalue weighted by atomic mass is 15.2. The van der Waals surface area contributed by atoms with Crippen LogP contribution in [-0.4, -0.2) is 19.3 Å². The van der Waals surface area contributed by atoms with Gasteiger partial charge in [0, 0.05) is 38.1 Å². The minimum atomic E-state index is 0.760. The summed E-state index contributed by atoms with van der Waals surface area (Å²) in [5, 5.41) is 7.53. The third-order valence-corrected chi connectivity index (χ3v) is 2.86. The van der Waals surface area contributed by atoms with Crippen molar-refractivity contribution in [2.45, 2.75) is 39.8 Å². The quantitative estimate of drug-likeness (QED) is 0.852. The molecule has 5 heteroatoms. The Balaban J connectivity index is 1.99. The van der Waals surface area contributed by atoms with Crippen LogP contribution in [0.2, 0.25) is 0 Å². The zero-order valence-electron chi connectivity index (χ0n) is 11.3. The maximum absolute atomic E-state index is 4.51. The monoisotopic (exact) mass is 247 g/mol. The van der Waals surface area contributed by atoms with Gasteiger partial charge in [0.1, 0.15) is 0 Å². The molecule has 18 heavy (non-hydrogen) atoms. The van der Waals surface area contributed by atoms with Gasteiger partial charge in [-0.15, -0.1) is 0 Å². The first kappa shape index (κ1) is 12.7. The number of unbranched alkanes of at least 4 members (excludes halogenated alkanes) is 1. The standard InChI is InChI=1S/C13H21N5/c1-4-5-6-18-9-11(2)16-13(18)14-7-12-8-15-17(3)10-12/h8-10H,4-7H2,1-3H3,(H,14,16). The predicted molar refractivity (Wildman–Crippen MR) is 72.4 cm³/mol. The van der Waals surface area contributed by atoms with E-state index in [0.29, 0.717) is 0 Å². The molecular weight excluding hydrogens is 226 g/mol. The average molecular weight is 247 g/mol. The molecule has 2 aromatic rings. The van der Waals surface area contributed by atoms with Gasteiger partial charge in [0.05, 0.1) is 11.9 Å². The Morgan fingerprint density at radius 3 is 2.83 bits per heavy atom. The fourth-order valence-electron chi connectivity index (χ4n) is 1.93. The molecule has 98 valence electrons. The molecule has 0 saturated heterocycles. The molecule has 0 aliphatic rings. The Morgan fingerprint density at radius 1 is 1.33 bits per heavy atom. The maximum Gasteiger partial charge on any atom is 0.203 e. The molecule has 0 spiro atoms. The molecule has 0 atom stereocenters. The molecule has 0 aliphatic carbocycles. The normalized spacial score (nSPS) is 10.8. The molecule has 2 heterocycles. The van der Waals surface area contributed by atoms with Gasteiger partial charge in [-0.3, -0.25) is 4.68 Å². The third-order valence-electron chi connectivity index (χ3n) is 2.86. The maximum atomic E-state index is 4.51. The van der Waals surface area contributed by atoms with Crippen molar-refractivity contribution < 1.29 is 0 Å². The molecule has 0 aliphatic heterocycles. The number of nitrogens with one attached hydrogen (secondary N) is 1. The number of rotatable bonds is 6. The van der Waals surface area contributed by atoms with Crippen molar-refractivity contribution >= 4 is 5.95 Å². The Morgan fingerprint density at radius 2 is 2.17 bits per heavy atom. The van der Waals surface area contributed by atoms with Gasteiger partial charge >= 0.3 is 0 Å². The van der Waals surface area contributed by atoms with Crippen LogP contribution in [0.1, 0.15) is 31.0 Å². The molecule has 2 aromatic heterocycles. The van der Waals surface area contributed by atoms with E-state index >= 15 is 0 Å². The molecule has 1 N–H and O–H groups in total. The fraction of sp³-hybridized carbons (Fsp3) is 0.538. The summed E-state index contributed by atoms with van der Waals surface area (Å²) >= 11 is 0. The van der Waals surface area contributed by atoms with Crippen LogP contribution in [0.3, 0.4) is 0 Å². The summed E-state index contributed by atoms with van der Waals surface area (Å²) in [6, 6.07) is 0. The molecule has 0 radical (unpaired) electrons. The average Bonchev–Trinajstić information content (AvgIpc) is 2.90. The van der Waals surface area contributed by atoms with Crippen LogP contribution in [0.15, 0.2) is 18.6 Å². The van der Waals surface area contributed by atoms with E-state index in [4.69, 9.17) is 0 Å². The molecule has 0 amide bonds. The van der Waals surface area contributed by atoms with Crippen molar-refractivity contribution in [3.8, 4) is 0 Å². The molecule has 0 aromatic carbocycles. The summed E-state index contributed by atoms with van der Waals surface area (Å²) in [6.07, 6.45) is 8.36. The van der Waals surface area contributed by atoms with Crippen molar-refractivity contribution in [1.29, 1.82) is 0 Å². The highest BCUT2D eigenvalue weighted by Crippen LogP contribution is 2.11. The summed E-state index contributed by atoms with van der Waals surface area (Å²) in [6.45, 7) is 6.01. The largest absolute Gasteiger partial charge is 0.351 e. The number of hydrogen-bond acceptors (Lipinski definition) is 3. The number of imidazole rings is 1. The van der Waals surface area contributed by atoms with E-state index in [-0.39, 0.29) is 0 Å². The van der Waals surface area contributed by atoms with Gasteiger partial charge in [-0.1, -0.05) is 13.3 Å². The summed E-state index contributed by atoms with van der Waals surface area (Å²) in [5.41, 5.74) is 2.22. The van der Waals surface area contributed by atoms with Crippen molar-refractivity contribution in [1.82, 2.24) is 19.3 Å². The molecule has 0 fully saturated rings. The van der Waals surface area contributed by atoms with Crippen molar-refractivity contribution in [3.05, 3.63) is 29.8 Å². The second-order valence-corrected chi connectivity index (χ2v) is 4.63. The first-order chi connectivity index (χ1) is 8.69. The minimum absolute atomic E-state index is 0.760. The fourth-order valence-corrected chi connectivity index (χ4v) is 1.93. The van der Waals surface area contributed by atoms with Crippen LogP contribution >= 0.6 is 0 Å². The summed E-state index contributed by atoms with van der Waals surface area (Å²) in [4.78, 5) is 4.51. The highest BCUT2D eigenvalue weighted by molar-refractivity contribution is 5.30. The number of aromatic nitrogens is 4. The zero-order chi connectivity index (χ0) is 13.0. The van der Waals surface area contributed by atoms with Crippen LogP contribution in [-0.2, 0) is 20.1 Å². The number of hydrogen-bond donors (Lipinski definition) is 1. The Labute approximate surface area is 108 Å². The molecule has 0 saturated carbocycles. The lowest BCUT2D eigenvalue weighted by molar-refractivity contribution is 0.634. The molecule has 5 nitrogen and oxygen atoms in total. The number of nitrogens with zero attached hydrogens (tertiary/aromatic N) is 4. The van der Waals surface area contributed by atoms with E-state index in [9.17, 15) is 0 Å². The van der Waals surface area contributed by atoms with Crippen molar-refractivity contribution in [2.24, 2.45) is 7.05 Å². The Bertz CT molecular complexity index is 497. The van der Waals surface area contributed by atoms with Crippen molar-refractivity contribution in [2.75, 3.05) is 5.32 Å². The topological polar surface area (TPSA) is 47.7 Å². The van der Waals surface area contributed by atoms with E-state index in [2.05, 4.69) is 33.1 Å². The predicted octanol–water partition coefficient (Wildman–Crippen LogP) is 2.34. The zero-order valence-corrected chi connectivity index (χ0v) is 11.3. The van der Waals surface area contributed by atoms with Gasteiger partial charge in [0.25, 0.3) is 0 Å². The molecular formula is C13H21N5. The summed E-state index contributed by atoms with van der Waals surface area (Å²) < 4.78 is 4.00. The Hall–Kier alpha value is -1.78. The lowest BCUT2D eigenvalue weighted by atomic mass is 10.3. The van der Waals surface area contributed by atoms with Crippen LogP contribution in [0.5, 0.6) is 0 Å². The van der Waals surface area contributed by atoms with E-state index in [1.165, 1.54) is 18.4 Å². The van der Waals surface area contributed by atoms with Gasteiger partial charge < -0.3 is 9.88 Å². The first-order valence-corrected chi connectivity index (χ1v) is 6.44. The Kier molecular flexibility index (Phi) is 4.02. The van der Waals surface area contributed by atoms with Crippen LogP contribution in [0.4, 0.5) is 5.95 Å². The van der Waals surface area contributed by atoms with Crippen LogP contribution < -0.4 is 5.32 Å². The summed E-state index contributed by atoms with van der Waals surface area (Å²) in [5.74, 6) is 0.949. The number of aryl methyl sites for hydroxylation is 3. The van der Waals surface area contributed by atoms with Crippen molar-refractivity contribution in [3.63, 3.8) is 0 Å². The van der Waals surface area contributed by atoms with Gasteiger partial charge in [-0.25, -0.2) is 4.98 Å². The van der Waals surface area contributed by atoms with E-state index in [1.54, 1.807) is 0 Å². The van der Waals surface area contributed by atoms with Gasteiger partial charge in [0.15, 0.2) is 0 Å². The number of anilines is 1. The second-order valence-electron chi connectivity index (χ2n) is 4.63. The minimum Gasteiger partial charge on any atom is -0.351 e. The lowest BCUT2D eigenvalue weighted by Crippen LogP contribution is -2.07. The van der Waals surface area contributed by atoms with E-state index in [0.717, 1.165) is 24.7 Å². The second kappa shape index (κ2) is 5.71. The SMILES string of the molecule is CCCCn1cc(C)nc1NCc1cnn(C)c1. The summed E-state index contributed by atoms with van der Waals surface area (Å²) in [7, 11) is 1.93. The molecule has 0 unspecified atom stereocenters. The smallest absolute Gasteiger partial charge is 0.203 e. The van der Waals surface area contributed by atoms with Gasteiger partial charge in [-0.2, -0.15) is 5.10 Å². The van der Waals surface area contributed by atoms with Gasteiger partial charge in [-0.05, 0) is 13.3 Å².